The maximum Gasteiger partial charge on any atom is 0.320 e. The molecular weight excluding hydrogens is 294 g/mol. The zero-order valence-corrected chi connectivity index (χ0v) is 14.7. The summed E-state index contributed by atoms with van der Waals surface area (Å²) in [6, 6.07) is 0.0690. The minimum absolute atomic E-state index is 0.0109. The third-order valence-corrected chi connectivity index (χ3v) is 5.35. The molecule has 6 heteroatoms. The van der Waals surface area contributed by atoms with Gasteiger partial charge in [0.05, 0.1) is 12.1 Å². The fraction of sp³-hybridized carbons (Fsp3) is 0.765. The van der Waals surface area contributed by atoms with E-state index in [1.807, 2.05) is 16.7 Å². The van der Waals surface area contributed by atoms with Gasteiger partial charge in [0, 0.05) is 39.3 Å². The fourth-order valence-electron chi connectivity index (χ4n) is 3.59. The summed E-state index contributed by atoms with van der Waals surface area (Å²) in [7, 11) is 1.73. The highest BCUT2D eigenvalue weighted by molar-refractivity contribution is 5.87. The third-order valence-electron chi connectivity index (χ3n) is 5.35. The zero-order chi connectivity index (χ0) is 17.2. The standard InChI is InChI=1S/C17H29N3O3/c1-6-15(21)18-9-10-20(14(4)11-18)16(22)19-8-7-17(12-19,23-5)13(2)3/h6,13-14H,1,7-12H2,2-5H3. The van der Waals surface area contributed by atoms with Crippen LogP contribution >= 0.6 is 0 Å². The lowest BCUT2D eigenvalue weighted by molar-refractivity contribution is -0.128. The van der Waals surface area contributed by atoms with Gasteiger partial charge in [-0.2, -0.15) is 0 Å². The number of rotatable bonds is 3. The predicted octanol–water partition coefficient (Wildman–Crippen LogP) is 1.57. The highest BCUT2D eigenvalue weighted by Gasteiger charge is 2.44. The van der Waals surface area contributed by atoms with Crippen molar-refractivity contribution in [1.82, 2.24) is 14.7 Å². The average molecular weight is 323 g/mol. The van der Waals surface area contributed by atoms with Crippen molar-refractivity contribution in [2.45, 2.75) is 38.8 Å². The molecule has 6 nitrogen and oxygen atoms in total. The monoisotopic (exact) mass is 323 g/mol. The van der Waals surface area contributed by atoms with Crippen LogP contribution in [0.3, 0.4) is 0 Å². The second kappa shape index (κ2) is 6.91. The number of piperazine rings is 1. The first-order valence-electron chi connectivity index (χ1n) is 8.36. The van der Waals surface area contributed by atoms with Crippen molar-refractivity contribution >= 4 is 11.9 Å². The van der Waals surface area contributed by atoms with E-state index in [0.717, 1.165) is 13.0 Å². The van der Waals surface area contributed by atoms with Gasteiger partial charge in [0.2, 0.25) is 5.91 Å². The summed E-state index contributed by atoms with van der Waals surface area (Å²) in [5.74, 6) is 0.299. The summed E-state index contributed by atoms with van der Waals surface area (Å²) in [6.07, 6.45) is 2.20. The summed E-state index contributed by atoms with van der Waals surface area (Å²) < 4.78 is 5.74. The summed E-state index contributed by atoms with van der Waals surface area (Å²) >= 11 is 0. The van der Waals surface area contributed by atoms with Crippen LogP contribution in [0.1, 0.15) is 27.2 Å². The molecule has 2 unspecified atom stereocenters. The number of amides is 3. The molecule has 2 atom stereocenters. The Morgan fingerprint density at radius 2 is 1.96 bits per heavy atom. The topological polar surface area (TPSA) is 53.1 Å². The molecule has 2 rings (SSSR count). The van der Waals surface area contributed by atoms with Crippen molar-refractivity contribution in [1.29, 1.82) is 0 Å². The molecule has 0 N–H and O–H groups in total. The Labute approximate surface area is 139 Å². The van der Waals surface area contributed by atoms with E-state index in [1.165, 1.54) is 6.08 Å². The molecule has 0 aromatic heterocycles. The van der Waals surface area contributed by atoms with Crippen LogP contribution in [0, 0.1) is 5.92 Å². The van der Waals surface area contributed by atoms with Crippen LogP contribution in [0.15, 0.2) is 12.7 Å². The van der Waals surface area contributed by atoms with Crippen LogP contribution in [-0.4, -0.2) is 78.1 Å². The predicted molar refractivity (Wildman–Crippen MR) is 89.1 cm³/mol. The van der Waals surface area contributed by atoms with Crippen molar-refractivity contribution < 1.29 is 14.3 Å². The molecule has 0 aliphatic carbocycles. The van der Waals surface area contributed by atoms with Crippen LogP contribution < -0.4 is 0 Å². The average Bonchev–Trinajstić information content (AvgIpc) is 2.99. The van der Waals surface area contributed by atoms with Gasteiger partial charge in [-0.1, -0.05) is 20.4 Å². The Kier molecular flexibility index (Phi) is 5.34. The summed E-state index contributed by atoms with van der Waals surface area (Å²) in [5.41, 5.74) is -0.237. The van der Waals surface area contributed by atoms with Crippen molar-refractivity contribution in [3.8, 4) is 0 Å². The number of ether oxygens (including phenoxy) is 1. The number of methoxy groups -OCH3 is 1. The Balaban J connectivity index is 2.00. The molecule has 130 valence electrons. The number of likely N-dealkylation sites (tertiary alicyclic amines) is 1. The highest BCUT2D eigenvalue weighted by Crippen LogP contribution is 2.33. The lowest BCUT2D eigenvalue weighted by Crippen LogP contribution is -2.58. The van der Waals surface area contributed by atoms with Crippen LogP contribution in [0.4, 0.5) is 4.79 Å². The Bertz CT molecular complexity index is 480. The summed E-state index contributed by atoms with van der Waals surface area (Å²) in [5, 5.41) is 0. The zero-order valence-electron chi connectivity index (χ0n) is 14.7. The van der Waals surface area contributed by atoms with Gasteiger partial charge in [-0.25, -0.2) is 4.79 Å². The number of urea groups is 1. The number of carbonyl (C=O) groups excluding carboxylic acids is 2. The maximum absolute atomic E-state index is 12.9. The summed E-state index contributed by atoms with van der Waals surface area (Å²) in [6.45, 7) is 12.8. The van der Waals surface area contributed by atoms with Gasteiger partial charge in [-0.05, 0) is 25.3 Å². The normalized spacial score (nSPS) is 28.4. The molecule has 2 saturated heterocycles. The van der Waals surface area contributed by atoms with Crippen LogP contribution in [0.5, 0.6) is 0 Å². The van der Waals surface area contributed by atoms with E-state index in [4.69, 9.17) is 4.74 Å². The van der Waals surface area contributed by atoms with E-state index in [-0.39, 0.29) is 23.6 Å². The minimum Gasteiger partial charge on any atom is -0.376 e. The van der Waals surface area contributed by atoms with Crippen molar-refractivity contribution in [2.75, 3.05) is 39.8 Å². The number of nitrogens with zero attached hydrogens (tertiary/aromatic N) is 3. The molecule has 2 aliphatic heterocycles. The first-order valence-corrected chi connectivity index (χ1v) is 8.36. The van der Waals surface area contributed by atoms with Crippen LogP contribution in [-0.2, 0) is 9.53 Å². The Morgan fingerprint density at radius 1 is 1.26 bits per heavy atom. The molecule has 2 fully saturated rings. The molecule has 0 aromatic rings. The molecular formula is C17H29N3O3. The smallest absolute Gasteiger partial charge is 0.320 e. The Morgan fingerprint density at radius 3 is 2.43 bits per heavy atom. The van der Waals surface area contributed by atoms with E-state index in [1.54, 1.807) is 12.0 Å². The molecule has 2 aliphatic rings. The van der Waals surface area contributed by atoms with Crippen LogP contribution in [0.2, 0.25) is 0 Å². The van der Waals surface area contributed by atoms with Crippen molar-refractivity contribution in [3.05, 3.63) is 12.7 Å². The lowest BCUT2D eigenvalue weighted by atomic mass is 9.89. The van der Waals surface area contributed by atoms with Gasteiger partial charge in [0.25, 0.3) is 0 Å². The number of hydrogen-bond acceptors (Lipinski definition) is 3. The second-order valence-corrected chi connectivity index (χ2v) is 6.91. The third kappa shape index (κ3) is 3.37. The van der Waals surface area contributed by atoms with Gasteiger partial charge in [-0.15, -0.1) is 0 Å². The number of hydrogen-bond donors (Lipinski definition) is 0. The minimum atomic E-state index is -0.237. The maximum atomic E-state index is 12.9. The van der Waals surface area contributed by atoms with Gasteiger partial charge < -0.3 is 19.4 Å². The Hall–Kier alpha value is -1.56. The van der Waals surface area contributed by atoms with E-state index < -0.39 is 0 Å². The SMILES string of the molecule is C=CC(=O)N1CCN(C(=O)N2CCC(OC)(C(C)C)C2)C(C)C1. The molecule has 0 saturated carbocycles. The molecule has 23 heavy (non-hydrogen) atoms. The van der Waals surface area contributed by atoms with E-state index in [9.17, 15) is 9.59 Å². The summed E-state index contributed by atoms with van der Waals surface area (Å²) in [4.78, 5) is 30.1. The van der Waals surface area contributed by atoms with Gasteiger partial charge >= 0.3 is 6.03 Å². The van der Waals surface area contributed by atoms with Gasteiger partial charge in [0.15, 0.2) is 0 Å². The van der Waals surface area contributed by atoms with E-state index in [2.05, 4.69) is 20.4 Å². The molecule has 0 radical (unpaired) electrons. The van der Waals surface area contributed by atoms with Gasteiger partial charge in [0.1, 0.15) is 0 Å². The van der Waals surface area contributed by atoms with E-state index in [0.29, 0.717) is 32.1 Å². The highest BCUT2D eigenvalue weighted by atomic mass is 16.5. The van der Waals surface area contributed by atoms with Crippen molar-refractivity contribution in [2.24, 2.45) is 5.92 Å². The molecule has 0 aromatic carbocycles. The second-order valence-electron chi connectivity index (χ2n) is 6.91. The quantitative estimate of drug-likeness (QED) is 0.741. The van der Waals surface area contributed by atoms with Crippen molar-refractivity contribution in [3.63, 3.8) is 0 Å². The largest absolute Gasteiger partial charge is 0.376 e. The molecule has 0 bridgehead atoms. The molecule has 2 heterocycles. The first kappa shape index (κ1) is 17.8. The van der Waals surface area contributed by atoms with Gasteiger partial charge in [-0.3, -0.25) is 4.79 Å². The molecule has 0 spiro atoms. The fourth-order valence-corrected chi connectivity index (χ4v) is 3.59. The lowest BCUT2D eigenvalue weighted by Gasteiger charge is -2.41. The van der Waals surface area contributed by atoms with E-state index >= 15 is 0 Å². The number of carbonyl (C=O) groups is 2. The first-order chi connectivity index (χ1) is 10.8. The van der Waals surface area contributed by atoms with Crippen LogP contribution in [0.25, 0.3) is 0 Å². The molecule has 3 amide bonds.